The molecule has 6 heteroatoms. The molecule has 94 valence electrons. The van der Waals surface area contributed by atoms with Crippen molar-refractivity contribution in [3.05, 3.63) is 45.7 Å². The van der Waals surface area contributed by atoms with Crippen molar-refractivity contribution in [2.75, 3.05) is 5.73 Å². The lowest BCUT2D eigenvalue weighted by Gasteiger charge is -2.07. The van der Waals surface area contributed by atoms with E-state index in [1.807, 2.05) is 5.38 Å². The van der Waals surface area contributed by atoms with Gasteiger partial charge in [0.2, 0.25) is 0 Å². The van der Waals surface area contributed by atoms with Crippen molar-refractivity contribution in [2.24, 2.45) is 0 Å². The van der Waals surface area contributed by atoms with Gasteiger partial charge in [-0.25, -0.2) is 9.37 Å². The third-order valence-electron chi connectivity index (χ3n) is 2.56. The molecule has 18 heavy (non-hydrogen) atoms. The summed E-state index contributed by atoms with van der Waals surface area (Å²) < 4.78 is 13.4. The maximum Gasteiger partial charge on any atom is 0.251 e. The molecule has 0 radical (unpaired) electrons. The van der Waals surface area contributed by atoms with Crippen LogP contribution in [0.25, 0.3) is 0 Å². The van der Waals surface area contributed by atoms with Gasteiger partial charge < -0.3 is 11.1 Å². The Bertz CT molecular complexity index is 546. The number of aromatic nitrogens is 1. The van der Waals surface area contributed by atoms with Gasteiger partial charge in [-0.15, -0.1) is 11.3 Å². The summed E-state index contributed by atoms with van der Waals surface area (Å²) in [5.74, 6) is -0.845. The minimum atomic E-state index is -0.478. The van der Waals surface area contributed by atoms with E-state index in [0.717, 1.165) is 5.69 Å². The molecule has 3 N–H and O–H groups in total. The summed E-state index contributed by atoms with van der Waals surface area (Å²) in [7, 11) is 0. The Balaban J connectivity index is 2.09. The number of thiazole rings is 1. The van der Waals surface area contributed by atoms with E-state index >= 15 is 0 Å². The molecule has 0 spiro atoms. The smallest absolute Gasteiger partial charge is 0.251 e. The van der Waals surface area contributed by atoms with Gasteiger partial charge in [0, 0.05) is 22.2 Å². The predicted molar refractivity (Wildman–Crippen MR) is 68.8 cm³/mol. The molecule has 0 aliphatic heterocycles. The van der Waals surface area contributed by atoms with Gasteiger partial charge in [0.1, 0.15) is 5.82 Å². The van der Waals surface area contributed by atoms with Crippen molar-refractivity contribution in [3.8, 4) is 0 Å². The van der Waals surface area contributed by atoms with Crippen LogP contribution in [0.3, 0.4) is 0 Å². The fraction of sp³-hybridized carbons (Fsp3) is 0.167. The number of benzene rings is 1. The zero-order valence-corrected chi connectivity index (χ0v) is 10.6. The lowest BCUT2D eigenvalue weighted by atomic mass is 10.1. The highest BCUT2D eigenvalue weighted by molar-refractivity contribution is 7.07. The number of nitrogens with zero attached hydrogens (tertiary/aromatic N) is 1. The molecule has 0 fully saturated rings. The average Bonchev–Trinajstić information content (AvgIpc) is 2.85. The van der Waals surface area contributed by atoms with Crippen LogP contribution in [-0.4, -0.2) is 10.9 Å². The van der Waals surface area contributed by atoms with E-state index in [9.17, 15) is 9.18 Å². The molecule has 0 bridgehead atoms. The highest BCUT2D eigenvalue weighted by Crippen LogP contribution is 2.17. The van der Waals surface area contributed by atoms with Crippen molar-refractivity contribution in [1.82, 2.24) is 10.3 Å². The molecule has 2 aromatic rings. The van der Waals surface area contributed by atoms with Crippen LogP contribution in [-0.2, 0) is 6.54 Å². The number of anilines is 1. The van der Waals surface area contributed by atoms with Crippen LogP contribution in [0.2, 0.25) is 0 Å². The van der Waals surface area contributed by atoms with Gasteiger partial charge in [-0.2, -0.15) is 0 Å². The minimum absolute atomic E-state index is 0.214. The summed E-state index contributed by atoms with van der Waals surface area (Å²) in [6.45, 7) is 1.89. The molecule has 4 nitrogen and oxygen atoms in total. The molecule has 1 heterocycles. The van der Waals surface area contributed by atoms with E-state index in [1.165, 1.54) is 23.5 Å². The van der Waals surface area contributed by atoms with Gasteiger partial charge in [0.25, 0.3) is 5.91 Å². The maximum atomic E-state index is 13.4. The van der Waals surface area contributed by atoms with Crippen molar-refractivity contribution >= 4 is 22.9 Å². The van der Waals surface area contributed by atoms with E-state index in [-0.39, 0.29) is 17.2 Å². The Morgan fingerprint density at radius 2 is 2.33 bits per heavy atom. The Morgan fingerprint density at radius 3 is 2.94 bits per heavy atom. The van der Waals surface area contributed by atoms with Crippen LogP contribution in [0.1, 0.15) is 21.6 Å². The summed E-state index contributed by atoms with van der Waals surface area (Å²) >= 11 is 1.45. The van der Waals surface area contributed by atoms with E-state index < -0.39 is 5.82 Å². The third kappa shape index (κ3) is 2.65. The molecule has 0 aliphatic rings. The number of amides is 1. The fourth-order valence-electron chi connectivity index (χ4n) is 1.43. The SMILES string of the molecule is Cc1c(N)cc(C(=O)NCc2cscn2)cc1F. The standard InChI is InChI=1S/C12H12FN3OS/c1-7-10(13)2-8(3-11(7)14)12(17)15-4-9-5-18-6-16-9/h2-3,5-6H,4,14H2,1H3,(H,15,17). The van der Waals surface area contributed by atoms with Gasteiger partial charge in [-0.05, 0) is 19.1 Å². The van der Waals surface area contributed by atoms with Gasteiger partial charge >= 0.3 is 0 Å². The van der Waals surface area contributed by atoms with Crippen LogP contribution in [0.4, 0.5) is 10.1 Å². The van der Waals surface area contributed by atoms with Crippen LogP contribution >= 0.6 is 11.3 Å². The fourth-order valence-corrected chi connectivity index (χ4v) is 1.99. The molecule has 0 saturated carbocycles. The highest BCUT2D eigenvalue weighted by atomic mass is 32.1. The number of rotatable bonds is 3. The van der Waals surface area contributed by atoms with Crippen LogP contribution < -0.4 is 11.1 Å². The second-order valence-electron chi connectivity index (χ2n) is 3.83. The minimum Gasteiger partial charge on any atom is -0.398 e. The van der Waals surface area contributed by atoms with Crippen molar-refractivity contribution in [2.45, 2.75) is 13.5 Å². The molecular weight excluding hydrogens is 253 g/mol. The topological polar surface area (TPSA) is 68.0 Å². The van der Waals surface area contributed by atoms with Crippen LogP contribution in [0.5, 0.6) is 0 Å². The first-order valence-electron chi connectivity index (χ1n) is 5.29. The van der Waals surface area contributed by atoms with E-state index in [4.69, 9.17) is 5.73 Å². The van der Waals surface area contributed by atoms with E-state index in [1.54, 1.807) is 12.4 Å². The number of nitrogens with two attached hydrogens (primary N) is 1. The molecule has 2 rings (SSSR count). The molecule has 1 aromatic heterocycles. The van der Waals surface area contributed by atoms with Crippen LogP contribution in [0, 0.1) is 12.7 Å². The largest absolute Gasteiger partial charge is 0.398 e. The molecule has 1 aromatic carbocycles. The second-order valence-corrected chi connectivity index (χ2v) is 4.55. The lowest BCUT2D eigenvalue weighted by Crippen LogP contribution is -2.23. The third-order valence-corrected chi connectivity index (χ3v) is 3.20. The molecule has 0 atom stereocenters. The summed E-state index contributed by atoms with van der Waals surface area (Å²) in [5.41, 5.74) is 8.92. The van der Waals surface area contributed by atoms with Crippen molar-refractivity contribution < 1.29 is 9.18 Å². The normalized spacial score (nSPS) is 10.3. The highest BCUT2D eigenvalue weighted by Gasteiger charge is 2.11. The zero-order valence-electron chi connectivity index (χ0n) is 9.74. The number of halogens is 1. The summed E-state index contributed by atoms with van der Waals surface area (Å²) in [6, 6.07) is 2.65. The first-order chi connectivity index (χ1) is 8.58. The molecule has 0 saturated heterocycles. The average molecular weight is 265 g/mol. The monoisotopic (exact) mass is 265 g/mol. The number of nitrogen functional groups attached to an aromatic ring is 1. The van der Waals surface area contributed by atoms with Gasteiger partial charge in [0.15, 0.2) is 0 Å². The number of hydrogen-bond donors (Lipinski definition) is 2. The second kappa shape index (κ2) is 5.14. The zero-order chi connectivity index (χ0) is 13.1. The van der Waals surface area contributed by atoms with E-state index in [2.05, 4.69) is 10.3 Å². The molecule has 1 amide bonds. The van der Waals surface area contributed by atoms with Gasteiger partial charge in [-0.3, -0.25) is 4.79 Å². The maximum absolute atomic E-state index is 13.4. The summed E-state index contributed by atoms with van der Waals surface area (Å²) in [5, 5.41) is 4.50. The quantitative estimate of drug-likeness (QED) is 0.835. The number of carbonyl (C=O) groups is 1. The Hall–Kier alpha value is -1.95. The Morgan fingerprint density at radius 1 is 1.56 bits per heavy atom. The van der Waals surface area contributed by atoms with Gasteiger partial charge in [0.05, 0.1) is 17.7 Å². The van der Waals surface area contributed by atoms with E-state index in [0.29, 0.717) is 12.1 Å². The lowest BCUT2D eigenvalue weighted by molar-refractivity contribution is 0.0950. The predicted octanol–water partition coefficient (Wildman–Crippen LogP) is 2.10. The molecule has 0 aliphatic carbocycles. The number of hydrogen-bond acceptors (Lipinski definition) is 4. The Kier molecular flexibility index (Phi) is 3.57. The van der Waals surface area contributed by atoms with Crippen molar-refractivity contribution in [1.29, 1.82) is 0 Å². The summed E-state index contributed by atoms with van der Waals surface area (Å²) in [4.78, 5) is 15.8. The molecular formula is C12H12FN3OS. The van der Waals surface area contributed by atoms with Gasteiger partial charge in [-0.1, -0.05) is 0 Å². The summed E-state index contributed by atoms with van der Waals surface area (Å²) in [6.07, 6.45) is 0. The van der Waals surface area contributed by atoms with Crippen molar-refractivity contribution in [3.63, 3.8) is 0 Å². The number of carbonyl (C=O) groups excluding carboxylic acids is 1. The first-order valence-corrected chi connectivity index (χ1v) is 6.23. The molecule has 0 unspecified atom stereocenters. The van der Waals surface area contributed by atoms with Crippen LogP contribution in [0.15, 0.2) is 23.0 Å². The Labute approximate surface area is 108 Å². The number of nitrogens with one attached hydrogen (secondary N) is 1. The first kappa shape index (κ1) is 12.5.